The second-order valence-electron chi connectivity index (χ2n) is 14.6. The summed E-state index contributed by atoms with van der Waals surface area (Å²) < 4.78 is 0. The van der Waals surface area contributed by atoms with Crippen molar-refractivity contribution in [3.05, 3.63) is 11.6 Å². The first kappa shape index (κ1) is 29.3. The monoisotopic (exact) mass is 485 g/mol. The highest BCUT2D eigenvalue weighted by atomic mass is 14.9. The van der Waals surface area contributed by atoms with Crippen molar-refractivity contribution in [3.63, 3.8) is 0 Å². The molecule has 0 heteroatoms. The molecule has 0 aromatic carbocycles. The summed E-state index contributed by atoms with van der Waals surface area (Å²) in [6.07, 6.45) is 18.9. The van der Waals surface area contributed by atoms with Gasteiger partial charge in [-0.2, -0.15) is 0 Å². The van der Waals surface area contributed by atoms with Crippen LogP contribution in [-0.2, 0) is 0 Å². The molecule has 0 aliphatic heterocycles. The molecule has 5 aliphatic rings. The minimum absolute atomic E-state index is 0.577. The molecule has 0 radical (unpaired) electrons. The van der Waals surface area contributed by atoms with Crippen LogP contribution in [0, 0.1) is 56.7 Å². The fraction of sp³-hybridized carbons (Fsp3) is 0.943. The molecule has 0 aromatic heterocycles. The highest BCUT2D eigenvalue weighted by molar-refractivity contribution is 5.33. The van der Waals surface area contributed by atoms with Gasteiger partial charge in [0, 0.05) is 0 Å². The van der Waals surface area contributed by atoms with Crippen LogP contribution >= 0.6 is 0 Å². The van der Waals surface area contributed by atoms with E-state index in [9.17, 15) is 0 Å². The first-order chi connectivity index (χ1) is 16.5. The topological polar surface area (TPSA) is 0 Å². The average molecular weight is 485 g/mol. The lowest BCUT2D eigenvalue weighted by Gasteiger charge is -2.63. The van der Waals surface area contributed by atoms with Gasteiger partial charge in [-0.1, -0.05) is 87.3 Å². The van der Waals surface area contributed by atoms with Crippen molar-refractivity contribution in [1.29, 1.82) is 0 Å². The molecule has 0 saturated heterocycles. The largest absolute Gasteiger partial charge is 0.0859 e. The van der Waals surface area contributed by atoms with E-state index in [1.807, 2.05) is 27.7 Å². The van der Waals surface area contributed by atoms with E-state index in [0.29, 0.717) is 21.7 Å². The molecular formula is C35H64. The molecule has 0 nitrogen and oxygen atoms in total. The first-order valence-corrected chi connectivity index (χ1v) is 16.1. The van der Waals surface area contributed by atoms with Crippen LogP contribution in [0.4, 0.5) is 0 Å². The van der Waals surface area contributed by atoms with Gasteiger partial charge in [-0.15, -0.1) is 0 Å². The second kappa shape index (κ2) is 10.1. The van der Waals surface area contributed by atoms with Crippen molar-refractivity contribution in [3.8, 4) is 0 Å². The maximum Gasteiger partial charge on any atom is -0.0170 e. The summed E-state index contributed by atoms with van der Waals surface area (Å²) in [5.74, 6) is 4.84. The smallest absolute Gasteiger partial charge is 0.0170 e. The van der Waals surface area contributed by atoms with Crippen molar-refractivity contribution in [1.82, 2.24) is 0 Å². The summed E-state index contributed by atoms with van der Waals surface area (Å²) >= 11 is 0. The minimum atomic E-state index is 0.577. The first-order valence-electron chi connectivity index (χ1n) is 16.1. The molecule has 0 heterocycles. The van der Waals surface area contributed by atoms with E-state index in [1.54, 1.807) is 19.3 Å². The summed E-state index contributed by atoms with van der Waals surface area (Å²) in [5.41, 5.74) is 4.67. The van der Waals surface area contributed by atoms with Gasteiger partial charge < -0.3 is 0 Å². The molecule has 9 atom stereocenters. The molecule has 5 rings (SSSR count). The van der Waals surface area contributed by atoms with Crippen LogP contribution in [0.3, 0.4) is 0 Å². The van der Waals surface area contributed by atoms with Gasteiger partial charge in [0.2, 0.25) is 0 Å². The number of allylic oxidation sites excluding steroid dienone is 2. The molecule has 204 valence electrons. The highest BCUT2D eigenvalue weighted by Gasteiger charge is 2.85. The van der Waals surface area contributed by atoms with Crippen LogP contribution in [0.5, 0.6) is 0 Å². The third kappa shape index (κ3) is 3.87. The van der Waals surface area contributed by atoms with E-state index < -0.39 is 0 Å². The number of hydrogen-bond acceptors (Lipinski definition) is 0. The van der Waals surface area contributed by atoms with Crippen molar-refractivity contribution in [2.45, 2.75) is 154 Å². The molecular weight excluding hydrogens is 420 g/mol. The van der Waals surface area contributed by atoms with E-state index in [2.05, 4.69) is 61.5 Å². The van der Waals surface area contributed by atoms with Crippen molar-refractivity contribution in [2.75, 3.05) is 0 Å². The van der Waals surface area contributed by atoms with Crippen molar-refractivity contribution in [2.24, 2.45) is 56.7 Å². The van der Waals surface area contributed by atoms with Crippen LogP contribution in [0.15, 0.2) is 11.6 Å². The quantitative estimate of drug-likeness (QED) is 0.348. The van der Waals surface area contributed by atoms with E-state index >= 15 is 0 Å². The molecule has 5 fully saturated rings. The predicted molar refractivity (Wildman–Crippen MR) is 157 cm³/mol. The molecule has 0 N–H and O–H groups in total. The maximum absolute atomic E-state index is 2.80. The van der Waals surface area contributed by atoms with Crippen LogP contribution in [-0.4, -0.2) is 0 Å². The summed E-state index contributed by atoms with van der Waals surface area (Å²) in [4.78, 5) is 0. The van der Waals surface area contributed by atoms with Crippen molar-refractivity contribution >= 4 is 0 Å². The van der Waals surface area contributed by atoms with Gasteiger partial charge in [0.1, 0.15) is 0 Å². The molecule has 0 bridgehead atoms. The molecule has 2 spiro atoms. The normalized spacial score (nSPS) is 47.2. The summed E-state index contributed by atoms with van der Waals surface area (Å²) in [5, 5.41) is 0. The Hall–Kier alpha value is -0.260. The van der Waals surface area contributed by atoms with E-state index in [-0.39, 0.29) is 0 Å². The Morgan fingerprint density at radius 1 is 0.771 bits per heavy atom. The zero-order valence-electron chi connectivity index (χ0n) is 26.2. The van der Waals surface area contributed by atoms with Gasteiger partial charge in [0.25, 0.3) is 0 Å². The number of fused-ring (bicyclic) bond motifs is 2. The van der Waals surface area contributed by atoms with Gasteiger partial charge in [-0.05, 0) is 135 Å². The van der Waals surface area contributed by atoms with Gasteiger partial charge in [0.15, 0.2) is 0 Å². The fourth-order valence-electron chi connectivity index (χ4n) is 12.0. The Labute approximate surface area is 221 Å². The van der Waals surface area contributed by atoms with E-state index in [0.717, 1.165) is 35.0 Å². The lowest BCUT2D eigenvalue weighted by Crippen LogP contribution is -2.56. The third-order valence-electron chi connectivity index (χ3n) is 13.5. The zero-order chi connectivity index (χ0) is 26.4. The highest BCUT2D eigenvalue weighted by Crippen LogP contribution is 2.91. The molecule has 0 aromatic rings. The summed E-state index contributed by atoms with van der Waals surface area (Å²) in [6.45, 7) is 28.7. The molecule has 35 heavy (non-hydrogen) atoms. The molecule has 5 saturated carbocycles. The number of rotatable bonds is 4. The average Bonchev–Trinajstić information content (AvgIpc) is 3.20. The van der Waals surface area contributed by atoms with E-state index in [4.69, 9.17) is 0 Å². The van der Waals surface area contributed by atoms with E-state index in [1.165, 1.54) is 56.9 Å². The van der Waals surface area contributed by atoms with Gasteiger partial charge in [0.05, 0.1) is 0 Å². The maximum atomic E-state index is 2.80. The Kier molecular flexibility index (Phi) is 8.48. The Bertz CT molecular complexity index is 754. The zero-order valence-corrected chi connectivity index (χ0v) is 26.2. The van der Waals surface area contributed by atoms with Gasteiger partial charge in [-0.25, -0.2) is 0 Å². The SMILES string of the molecule is CC.CC.CC(C)=CCC[C@@H](C)C1CC[C@@]2(C)C3CCC4C(C)(C)CCCC45[C@@H](C)[C@@]35CCC12C. The predicted octanol–water partition coefficient (Wildman–Crippen LogP) is 11.5. The van der Waals surface area contributed by atoms with Crippen molar-refractivity contribution < 1.29 is 0 Å². The fourth-order valence-corrected chi connectivity index (χ4v) is 12.0. The Balaban J connectivity index is 0.000000815. The van der Waals surface area contributed by atoms with Crippen LogP contribution in [0.1, 0.15) is 154 Å². The summed E-state index contributed by atoms with van der Waals surface area (Å²) in [7, 11) is 0. The minimum Gasteiger partial charge on any atom is -0.0859 e. The number of hydrogen-bond donors (Lipinski definition) is 0. The van der Waals surface area contributed by atoms with Crippen LogP contribution in [0.25, 0.3) is 0 Å². The van der Waals surface area contributed by atoms with Gasteiger partial charge in [-0.3, -0.25) is 0 Å². The molecule has 5 unspecified atom stereocenters. The Morgan fingerprint density at radius 3 is 2.00 bits per heavy atom. The standard InChI is InChI=1S/C31H52.2C2H6/c1-21(2)11-9-12-22(3)24-15-18-29(8)26-14-13-25-27(5,6)16-10-17-30(25)23(4)31(26,30)20-19-28(24,29)7;2*1-2/h11,22-26H,9-10,12-20H2,1-8H3;2*1-2H3/t22-,23-,24?,25?,26?,28?,29+,30?,31+;;/m1../s1. The third-order valence-corrected chi connectivity index (χ3v) is 13.5. The Morgan fingerprint density at radius 2 is 1.37 bits per heavy atom. The lowest BCUT2D eigenvalue weighted by molar-refractivity contribution is -0.142. The van der Waals surface area contributed by atoms with Gasteiger partial charge >= 0.3 is 0 Å². The molecule has 0 amide bonds. The lowest BCUT2D eigenvalue weighted by atomic mass is 9.42. The van der Waals surface area contributed by atoms with Crippen LogP contribution in [0.2, 0.25) is 0 Å². The second-order valence-corrected chi connectivity index (χ2v) is 14.6. The summed E-state index contributed by atoms with van der Waals surface area (Å²) in [6, 6.07) is 0. The van der Waals surface area contributed by atoms with Crippen LogP contribution < -0.4 is 0 Å². The molecule has 5 aliphatic carbocycles.